The Bertz CT molecular complexity index is 760. The molecule has 2 rings (SSSR count). The average molecular weight is 325 g/mol. The molecule has 0 aliphatic carbocycles. The summed E-state index contributed by atoms with van der Waals surface area (Å²) in [6.07, 6.45) is -3.42. The molecule has 0 aliphatic heterocycles. The summed E-state index contributed by atoms with van der Waals surface area (Å²) in [6, 6.07) is 8.27. The third kappa shape index (κ3) is 3.96. The number of para-hydroxylation sites is 1. The molecule has 0 bridgehead atoms. The van der Waals surface area contributed by atoms with Crippen molar-refractivity contribution in [2.75, 3.05) is 5.43 Å². The number of nitro benzene ring substituents is 1. The zero-order chi connectivity index (χ0) is 17.0. The Labute approximate surface area is 128 Å². The molecule has 0 heterocycles. The predicted octanol–water partition coefficient (Wildman–Crippen LogP) is 3.77. The molecule has 2 N–H and O–H groups in total. The van der Waals surface area contributed by atoms with E-state index in [1.165, 1.54) is 24.3 Å². The van der Waals surface area contributed by atoms with Gasteiger partial charge < -0.3 is 5.11 Å². The molecule has 0 spiro atoms. The SMILES string of the molecule is O=[N+]([O-])c1cc(C=NNc2ccccc2C(F)(F)F)ccc1O. The smallest absolute Gasteiger partial charge is 0.418 e. The quantitative estimate of drug-likeness (QED) is 0.509. The number of halogens is 3. The summed E-state index contributed by atoms with van der Waals surface area (Å²) in [5.74, 6) is -0.512. The van der Waals surface area contributed by atoms with Crippen LogP contribution in [-0.4, -0.2) is 16.2 Å². The number of phenols is 1. The molecule has 0 fully saturated rings. The summed E-state index contributed by atoms with van der Waals surface area (Å²) < 4.78 is 38.4. The van der Waals surface area contributed by atoms with Gasteiger partial charge in [-0.05, 0) is 24.3 Å². The standard InChI is InChI=1S/C14H10F3N3O3/c15-14(16,17)10-3-1-2-4-11(10)19-18-8-9-5-6-13(21)12(7-9)20(22)23/h1-8,19,21H. The van der Waals surface area contributed by atoms with Crippen molar-refractivity contribution in [1.82, 2.24) is 0 Å². The van der Waals surface area contributed by atoms with E-state index in [1.807, 2.05) is 0 Å². The highest BCUT2D eigenvalue weighted by atomic mass is 19.4. The molecule has 9 heteroatoms. The molecule has 120 valence electrons. The fraction of sp³-hybridized carbons (Fsp3) is 0.0714. The van der Waals surface area contributed by atoms with Gasteiger partial charge in [-0.3, -0.25) is 15.5 Å². The number of benzene rings is 2. The van der Waals surface area contributed by atoms with Gasteiger partial charge in [0.25, 0.3) is 0 Å². The number of nitrogens with zero attached hydrogens (tertiary/aromatic N) is 2. The fourth-order valence-corrected chi connectivity index (χ4v) is 1.77. The zero-order valence-corrected chi connectivity index (χ0v) is 11.4. The average Bonchev–Trinajstić information content (AvgIpc) is 2.48. The van der Waals surface area contributed by atoms with Gasteiger partial charge in [-0.25, -0.2) is 0 Å². The molecule has 0 radical (unpaired) electrons. The number of aromatic hydroxyl groups is 1. The van der Waals surface area contributed by atoms with Gasteiger partial charge in [0.1, 0.15) is 0 Å². The van der Waals surface area contributed by atoms with Crippen LogP contribution < -0.4 is 5.43 Å². The van der Waals surface area contributed by atoms with Crippen molar-refractivity contribution >= 4 is 17.6 Å². The van der Waals surface area contributed by atoms with Crippen molar-refractivity contribution < 1.29 is 23.2 Å². The lowest BCUT2D eigenvalue weighted by Crippen LogP contribution is -2.08. The molecular weight excluding hydrogens is 315 g/mol. The highest BCUT2D eigenvalue weighted by Gasteiger charge is 2.33. The van der Waals surface area contributed by atoms with E-state index in [-0.39, 0.29) is 11.3 Å². The van der Waals surface area contributed by atoms with Crippen molar-refractivity contribution in [2.24, 2.45) is 5.10 Å². The highest BCUT2D eigenvalue weighted by molar-refractivity contribution is 5.82. The number of hydrogen-bond donors (Lipinski definition) is 2. The first kappa shape index (κ1) is 16.3. The number of rotatable bonds is 4. The molecule has 2 aromatic carbocycles. The molecule has 2 aromatic rings. The number of nitrogens with one attached hydrogen (secondary N) is 1. The van der Waals surface area contributed by atoms with Crippen LogP contribution in [0.3, 0.4) is 0 Å². The topological polar surface area (TPSA) is 87.8 Å². The van der Waals surface area contributed by atoms with Crippen LogP contribution in [0.1, 0.15) is 11.1 Å². The molecule has 0 aromatic heterocycles. The van der Waals surface area contributed by atoms with Crippen LogP contribution in [0.15, 0.2) is 47.6 Å². The lowest BCUT2D eigenvalue weighted by atomic mass is 10.2. The Balaban J connectivity index is 2.21. The first-order chi connectivity index (χ1) is 10.8. The molecule has 0 amide bonds. The maximum atomic E-state index is 12.8. The third-order valence-electron chi connectivity index (χ3n) is 2.83. The largest absolute Gasteiger partial charge is 0.502 e. The minimum absolute atomic E-state index is 0.242. The van der Waals surface area contributed by atoms with Crippen LogP contribution in [0.5, 0.6) is 5.75 Å². The minimum Gasteiger partial charge on any atom is -0.502 e. The highest BCUT2D eigenvalue weighted by Crippen LogP contribution is 2.34. The number of alkyl halides is 3. The number of phenolic OH excluding ortho intramolecular Hbond substituents is 1. The lowest BCUT2D eigenvalue weighted by molar-refractivity contribution is -0.385. The number of anilines is 1. The van der Waals surface area contributed by atoms with Gasteiger partial charge in [0.05, 0.1) is 22.4 Å². The van der Waals surface area contributed by atoms with Crippen LogP contribution in [-0.2, 0) is 6.18 Å². The van der Waals surface area contributed by atoms with Crippen LogP contribution in [0.4, 0.5) is 24.5 Å². The van der Waals surface area contributed by atoms with Crippen LogP contribution >= 0.6 is 0 Å². The zero-order valence-electron chi connectivity index (χ0n) is 11.4. The molecule has 0 aliphatic rings. The Morgan fingerprint density at radius 2 is 1.91 bits per heavy atom. The van der Waals surface area contributed by atoms with Crippen molar-refractivity contribution in [3.63, 3.8) is 0 Å². The van der Waals surface area contributed by atoms with Crippen molar-refractivity contribution in [2.45, 2.75) is 6.18 Å². The van der Waals surface area contributed by atoms with Crippen molar-refractivity contribution in [1.29, 1.82) is 0 Å². The van der Waals surface area contributed by atoms with E-state index < -0.39 is 28.1 Å². The van der Waals surface area contributed by atoms with Gasteiger partial charge in [0, 0.05) is 11.6 Å². The van der Waals surface area contributed by atoms with Crippen molar-refractivity contribution in [3.8, 4) is 5.75 Å². The summed E-state index contributed by atoms with van der Waals surface area (Å²) in [6.45, 7) is 0. The Morgan fingerprint density at radius 3 is 2.57 bits per heavy atom. The summed E-state index contributed by atoms with van der Waals surface area (Å²) in [4.78, 5) is 9.91. The fourth-order valence-electron chi connectivity index (χ4n) is 1.77. The summed E-state index contributed by atoms with van der Waals surface area (Å²) in [7, 11) is 0. The predicted molar refractivity (Wildman–Crippen MR) is 77.4 cm³/mol. The summed E-state index contributed by atoms with van der Waals surface area (Å²) >= 11 is 0. The first-order valence-corrected chi connectivity index (χ1v) is 6.22. The maximum absolute atomic E-state index is 12.8. The van der Waals surface area contributed by atoms with E-state index in [1.54, 1.807) is 0 Å². The Morgan fingerprint density at radius 1 is 1.22 bits per heavy atom. The number of hydrazone groups is 1. The molecular formula is C14H10F3N3O3. The Kier molecular flexibility index (Phi) is 4.49. The normalized spacial score (nSPS) is 11.6. The second-order valence-corrected chi connectivity index (χ2v) is 4.42. The maximum Gasteiger partial charge on any atom is 0.418 e. The molecule has 23 heavy (non-hydrogen) atoms. The monoisotopic (exact) mass is 325 g/mol. The lowest BCUT2D eigenvalue weighted by Gasteiger charge is -2.11. The van der Waals surface area contributed by atoms with Gasteiger partial charge in [-0.2, -0.15) is 18.3 Å². The molecule has 0 saturated carbocycles. The number of nitro groups is 1. The van der Waals surface area contributed by atoms with Gasteiger partial charge in [-0.15, -0.1) is 0 Å². The van der Waals surface area contributed by atoms with E-state index in [4.69, 9.17) is 0 Å². The Hall–Kier alpha value is -3.10. The molecule has 0 atom stereocenters. The van der Waals surface area contributed by atoms with Gasteiger partial charge in [0.15, 0.2) is 5.75 Å². The van der Waals surface area contributed by atoms with Crippen molar-refractivity contribution in [3.05, 3.63) is 63.7 Å². The summed E-state index contributed by atoms with van der Waals surface area (Å²) in [5.41, 5.74) is 0.841. The molecule has 6 nitrogen and oxygen atoms in total. The van der Waals surface area contributed by atoms with E-state index in [9.17, 15) is 28.4 Å². The molecule has 0 saturated heterocycles. The first-order valence-electron chi connectivity index (χ1n) is 6.22. The van der Waals surface area contributed by atoms with Crippen LogP contribution in [0.2, 0.25) is 0 Å². The van der Waals surface area contributed by atoms with Crippen LogP contribution in [0, 0.1) is 10.1 Å². The second kappa shape index (κ2) is 6.34. The van der Waals surface area contributed by atoms with E-state index in [0.29, 0.717) is 0 Å². The van der Waals surface area contributed by atoms with E-state index in [2.05, 4.69) is 10.5 Å². The van der Waals surface area contributed by atoms with Crippen LogP contribution in [0.25, 0.3) is 0 Å². The van der Waals surface area contributed by atoms with E-state index >= 15 is 0 Å². The van der Waals surface area contributed by atoms with Gasteiger partial charge >= 0.3 is 11.9 Å². The van der Waals surface area contributed by atoms with Gasteiger partial charge in [0.2, 0.25) is 0 Å². The van der Waals surface area contributed by atoms with Gasteiger partial charge in [-0.1, -0.05) is 12.1 Å². The minimum atomic E-state index is -4.53. The second-order valence-electron chi connectivity index (χ2n) is 4.42. The third-order valence-corrected chi connectivity index (χ3v) is 2.83. The number of hydrogen-bond acceptors (Lipinski definition) is 5. The van der Waals surface area contributed by atoms with E-state index in [0.717, 1.165) is 24.4 Å². The summed E-state index contributed by atoms with van der Waals surface area (Å²) in [5, 5.41) is 23.6. The molecule has 0 unspecified atom stereocenters.